The van der Waals surface area contributed by atoms with Crippen molar-refractivity contribution in [2.24, 2.45) is 0 Å². The van der Waals surface area contributed by atoms with Crippen molar-refractivity contribution in [2.45, 2.75) is 88.7 Å². The molecule has 33 heavy (non-hydrogen) atoms. The number of Topliss-reactive ketones (excluding diaryl/α,β-unsaturated/α-hetero) is 1. The Morgan fingerprint density at radius 2 is 1.30 bits per heavy atom. The van der Waals surface area contributed by atoms with Gasteiger partial charge < -0.3 is 10.2 Å². The molecule has 0 unspecified atom stereocenters. The third-order valence-corrected chi connectivity index (χ3v) is 8.66. The fourth-order valence-corrected chi connectivity index (χ4v) is 6.48. The van der Waals surface area contributed by atoms with Crippen LogP contribution in [0, 0.1) is 0 Å². The van der Waals surface area contributed by atoms with E-state index in [0.29, 0.717) is 11.1 Å². The Kier molecular flexibility index (Phi) is 6.09. The molecule has 0 saturated carbocycles. The molecule has 0 heterocycles. The normalized spacial score (nSPS) is 16.1. The number of aryl methyl sites for hydroxylation is 2. The lowest BCUT2D eigenvalue weighted by Crippen LogP contribution is -2.23. The number of hydrogen-bond donors (Lipinski definition) is 2. The van der Waals surface area contributed by atoms with Crippen LogP contribution in [0.4, 0.5) is 0 Å². The maximum atomic E-state index is 13.3. The van der Waals surface area contributed by atoms with E-state index in [1.807, 2.05) is 0 Å². The van der Waals surface area contributed by atoms with Crippen molar-refractivity contribution >= 4 is 15.6 Å². The maximum Gasteiger partial charge on any atom is 0.185 e. The molecule has 0 spiro atoms. The van der Waals surface area contributed by atoms with E-state index in [1.54, 1.807) is 33.8 Å². The van der Waals surface area contributed by atoms with Crippen LogP contribution >= 0.6 is 0 Å². The number of carbonyl (C=O) groups is 1. The number of aliphatic hydroxyl groups is 2. The van der Waals surface area contributed by atoms with Gasteiger partial charge in [0, 0.05) is 6.42 Å². The molecule has 2 aliphatic carbocycles. The highest BCUT2D eigenvalue weighted by Crippen LogP contribution is 2.36. The minimum atomic E-state index is -3.95. The van der Waals surface area contributed by atoms with Gasteiger partial charge in [-0.05, 0) is 117 Å². The van der Waals surface area contributed by atoms with Crippen LogP contribution in [0.25, 0.3) is 0 Å². The molecule has 5 nitrogen and oxygen atoms in total. The number of ketones is 1. The first-order valence-corrected chi connectivity index (χ1v) is 13.4. The number of rotatable bonds is 7. The van der Waals surface area contributed by atoms with E-state index in [4.69, 9.17) is 0 Å². The zero-order valence-corrected chi connectivity index (χ0v) is 20.8. The molecule has 0 radical (unpaired) electrons. The molecule has 0 bridgehead atoms. The molecule has 2 N–H and O–H groups in total. The van der Waals surface area contributed by atoms with Crippen LogP contribution < -0.4 is 0 Å². The summed E-state index contributed by atoms with van der Waals surface area (Å²) in [4.78, 5) is 13.0. The summed E-state index contributed by atoms with van der Waals surface area (Å²) < 4.78 is 26.5. The van der Waals surface area contributed by atoms with E-state index in [9.17, 15) is 23.4 Å². The van der Waals surface area contributed by atoms with Gasteiger partial charge in [-0.1, -0.05) is 12.1 Å². The van der Waals surface area contributed by atoms with Gasteiger partial charge in [0.15, 0.2) is 15.6 Å². The Bertz CT molecular complexity index is 1150. The molecular formula is C27H34O5S. The molecule has 0 aliphatic heterocycles. The lowest BCUT2D eigenvalue weighted by atomic mass is 9.91. The van der Waals surface area contributed by atoms with Crippen molar-refractivity contribution in [3.8, 4) is 0 Å². The van der Waals surface area contributed by atoms with E-state index in [1.165, 1.54) is 34.4 Å². The zero-order chi connectivity index (χ0) is 24.2. The lowest BCUT2D eigenvalue weighted by Gasteiger charge is -2.24. The topological polar surface area (TPSA) is 91.7 Å². The molecule has 0 amide bonds. The van der Waals surface area contributed by atoms with Gasteiger partial charge in [0.05, 0.1) is 16.1 Å². The van der Waals surface area contributed by atoms with Crippen molar-refractivity contribution in [1.82, 2.24) is 0 Å². The SMILES string of the molecule is CC(C)(O)c1cc(C(C)(C)O)cc(S(=O)(=O)CC(=O)Cc2c3c(cc4c2CCC4)CCC3)c1. The Balaban J connectivity index is 1.65. The monoisotopic (exact) mass is 470 g/mol. The standard InChI is InChI=1S/C27H34O5S/c1-26(2,29)19-12-20(27(3,4)30)14-22(13-19)33(31,32)16-21(28)15-25-23-9-5-7-17(23)11-18-8-6-10-24(18)25/h11-14,29-30H,5-10,15-16H2,1-4H3. The van der Waals surface area contributed by atoms with E-state index >= 15 is 0 Å². The van der Waals surface area contributed by atoms with E-state index in [0.717, 1.165) is 44.1 Å². The van der Waals surface area contributed by atoms with Crippen molar-refractivity contribution in [3.63, 3.8) is 0 Å². The van der Waals surface area contributed by atoms with Crippen LogP contribution in [-0.4, -0.2) is 30.2 Å². The van der Waals surface area contributed by atoms with Gasteiger partial charge in [0.1, 0.15) is 5.75 Å². The summed E-state index contributed by atoms with van der Waals surface area (Å²) in [5, 5.41) is 21.0. The Morgan fingerprint density at radius 3 is 1.76 bits per heavy atom. The second-order valence-corrected chi connectivity index (χ2v) is 12.7. The predicted octanol–water partition coefficient (Wildman–Crippen LogP) is 3.70. The third kappa shape index (κ3) is 4.93. The van der Waals surface area contributed by atoms with Gasteiger partial charge in [-0.2, -0.15) is 0 Å². The average molecular weight is 471 g/mol. The highest BCUT2D eigenvalue weighted by molar-refractivity contribution is 7.92. The fourth-order valence-electron chi connectivity index (χ4n) is 5.18. The minimum Gasteiger partial charge on any atom is -0.386 e. The van der Waals surface area contributed by atoms with Gasteiger partial charge in [0.2, 0.25) is 0 Å². The largest absolute Gasteiger partial charge is 0.386 e. The molecule has 6 heteroatoms. The Morgan fingerprint density at radius 1 is 0.818 bits per heavy atom. The Hall–Kier alpha value is -2.02. The summed E-state index contributed by atoms with van der Waals surface area (Å²) in [7, 11) is -3.95. The first-order chi connectivity index (χ1) is 15.3. The molecule has 0 fully saturated rings. The summed E-state index contributed by atoms with van der Waals surface area (Å²) >= 11 is 0. The predicted molar refractivity (Wildman–Crippen MR) is 128 cm³/mol. The molecule has 2 aromatic carbocycles. The highest BCUT2D eigenvalue weighted by atomic mass is 32.2. The molecule has 4 rings (SSSR count). The van der Waals surface area contributed by atoms with Gasteiger partial charge in [0.25, 0.3) is 0 Å². The zero-order valence-electron chi connectivity index (χ0n) is 20.0. The summed E-state index contributed by atoms with van der Waals surface area (Å²) in [6.45, 7) is 6.26. The van der Waals surface area contributed by atoms with E-state index in [2.05, 4.69) is 6.07 Å². The summed E-state index contributed by atoms with van der Waals surface area (Å²) in [6, 6.07) is 6.73. The highest BCUT2D eigenvalue weighted by Gasteiger charge is 2.29. The van der Waals surface area contributed by atoms with Crippen LogP contribution in [0.2, 0.25) is 0 Å². The van der Waals surface area contributed by atoms with Crippen LogP contribution in [0.5, 0.6) is 0 Å². The number of carbonyl (C=O) groups excluding carboxylic acids is 1. The van der Waals surface area contributed by atoms with Crippen LogP contribution in [0.3, 0.4) is 0 Å². The van der Waals surface area contributed by atoms with Crippen molar-refractivity contribution in [2.75, 3.05) is 5.75 Å². The molecule has 0 aromatic heterocycles. The van der Waals surface area contributed by atoms with Gasteiger partial charge in [-0.25, -0.2) is 8.42 Å². The van der Waals surface area contributed by atoms with E-state index < -0.39 is 26.8 Å². The molecule has 0 atom stereocenters. The number of fused-ring (bicyclic) bond motifs is 2. The first-order valence-electron chi connectivity index (χ1n) is 11.8. The molecule has 178 valence electrons. The Labute approximate surface area is 196 Å². The van der Waals surface area contributed by atoms with Crippen molar-refractivity contribution in [3.05, 3.63) is 63.2 Å². The molecule has 2 aliphatic rings. The second kappa shape index (κ2) is 8.33. The fraction of sp³-hybridized carbons (Fsp3) is 0.519. The van der Waals surface area contributed by atoms with Gasteiger partial charge in [-0.15, -0.1) is 0 Å². The lowest BCUT2D eigenvalue weighted by molar-refractivity contribution is -0.116. The molecule has 0 saturated heterocycles. The number of benzene rings is 2. The van der Waals surface area contributed by atoms with Crippen molar-refractivity contribution in [1.29, 1.82) is 0 Å². The summed E-state index contributed by atoms with van der Waals surface area (Å²) in [6.07, 6.45) is 6.30. The average Bonchev–Trinajstić information content (AvgIpc) is 3.35. The van der Waals surface area contributed by atoms with Crippen LogP contribution in [-0.2, 0) is 57.9 Å². The van der Waals surface area contributed by atoms with Gasteiger partial charge >= 0.3 is 0 Å². The number of hydrogen-bond acceptors (Lipinski definition) is 5. The van der Waals surface area contributed by atoms with Crippen LogP contribution in [0.15, 0.2) is 29.2 Å². The molecule has 2 aromatic rings. The van der Waals surface area contributed by atoms with Crippen molar-refractivity contribution < 1.29 is 23.4 Å². The van der Waals surface area contributed by atoms with Gasteiger partial charge in [-0.3, -0.25) is 4.79 Å². The van der Waals surface area contributed by atoms with Crippen LogP contribution in [0.1, 0.15) is 79.5 Å². The summed E-state index contributed by atoms with van der Waals surface area (Å²) in [5.41, 5.74) is 4.42. The minimum absolute atomic E-state index is 0.0453. The molecular weight excluding hydrogens is 436 g/mol. The van der Waals surface area contributed by atoms with E-state index in [-0.39, 0.29) is 17.1 Å². The number of sulfone groups is 1. The maximum absolute atomic E-state index is 13.3. The smallest absolute Gasteiger partial charge is 0.185 e. The first kappa shape index (κ1) is 24.1. The third-order valence-electron chi connectivity index (χ3n) is 7.00. The second-order valence-electron chi connectivity index (χ2n) is 10.7. The summed E-state index contributed by atoms with van der Waals surface area (Å²) in [5.74, 6) is -0.908. The quantitative estimate of drug-likeness (QED) is 0.644.